The average Bonchev–Trinajstić information content (AvgIpc) is 2.50. The first-order valence-corrected chi connectivity index (χ1v) is 7.32. The summed E-state index contributed by atoms with van der Waals surface area (Å²) in [4.78, 5) is 16.2. The van der Waals surface area contributed by atoms with Gasteiger partial charge in [-0.15, -0.1) is 0 Å². The fourth-order valence-corrected chi connectivity index (χ4v) is 2.13. The van der Waals surface area contributed by atoms with Gasteiger partial charge in [0.25, 0.3) is 0 Å². The predicted molar refractivity (Wildman–Crippen MR) is 89.2 cm³/mol. The molecule has 1 N–H and O–H groups in total. The maximum atomic E-state index is 13.6. The van der Waals surface area contributed by atoms with Crippen LogP contribution >= 0.6 is 11.6 Å². The number of oxime groups is 1. The molecule has 0 saturated carbocycles. The van der Waals surface area contributed by atoms with E-state index in [1.54, 1.807) is 25.1 Å². The van der Waals surface area contributed by atoms with Crippen molar-refractivity contribution in [3.8, 4) is 0 Å². The molecular formula is C17H16ClFN2O2. The van der Waals surface area contributed by atoms with Gasteiger partial charge in [-0.1, -0.05) is 35.0 Å². The van der Waals surface area contributed by atoms with E-state index < -0.39 is 5.82 Å². The molecule has 1 amide bonds. The van der Waals surface area contributed by atoms with E-state index >= 15 is 0 Å². The van der Waals surface area contributed by atoms with Crippen molar-refractivity contribution in [3.63, 3.8) is 0 Å². The highest BCUT2D eigenvalue weighted by molar-refractivity contribution is 6.31. The maximum Gasteiger partial charge on any atom is 0.221 e. The summed E-state index contributed by atoms with van der Waals surface area (Å²) in [5, 5.41) is 6.95. The monoisotopic (exact) mass is 334 g/mol. The second kappa shape index (κ2) is 7.74. The Balaban J connectivity index is 2.01. The number of amides is 1. The van der Waals surface area contributed by atoms with Gasteiger partial charge in [0.05, 0.1) is 10.7 Å². The highest BCUT2D eigenvalue weighted by atomic mass is 35.5. The zero-order valence-corrected chi connectivity index (χ0v) is 13.5. The van der Waals surface area contributed by atoms with E-state index in [1.165, 1.54) is 19.1 Å². The third kappa shape index (κ3) is 4.79. The molecule has 0 heterocycles. The summed E-state index contributed by atoms with van der Waals surface area (Å²) in [5.74, 6) is -0.557. The molecule has 2 aromatic carbocycles. The fraction of sp³-hybridized carbons (Fsp3) is 0.176. The van der Waals surface area contributed by atoms with E-state index in [2.05, 4.69) is 10.5 Å². The molecule has 4 nitrogen and oxygen atoms in total. The lowest BCUT2D eigenvalue weighted by molar-refractivity contribution is -0.114. The van der Waals surface area contributed by atoms with Gasteiger partial charge in [-0.3, -0.25) is 4.79 Å². The molecular weight excluding hydrogens is 319 g/mol. The molecule has 120 valence electrons. The Morgan fingerprint density at radius 1 is 1.22 bits per heavy atom. The number of benzene rings is 2. The van der Waals surface area contributed by atoms with Gasteiger partial charge in [-0.05, 0) is 36.8 Å². The number of anilines is 1. The summed E-state index contributed by atoms with van der Waals surface area (Å²) in [7, 11) is 0. The average molecular weight is 335 g/mol. The minimum absolute atomic E-state index is 0.0488. The van der Waals surface area contributed by atoms with Gasteiger partial charge in [-0.25, -0.2) is 4.39 Å². The Labute approximate surface area is 138 Å². The Morgan fingerprint density at radius 2 is 1.91 bits per heavy atom. The molecule has 0 unspecified atom stereocenters. The van der Waals surface area contributed by atoms with Crippen molar-refractivity contribution in [3.05, 3.63) is 64.4 Å². The number of carbonyl (C=O) groups is 1. The lowest BCUT2D eigenvalue weighted by Gasteiger charge is -2.06. The summed E-state index contributed by atoms with van der Waals surface area (Å²) in [6.45, 7) is 3.17. The van der Waals surface area contributed by atoms with Crippen LogP contribution in [-0.2, 0) is 16.2 Å². The van der Waals surface area contributed by atoms with E-state index in [-0.39, 0.29) is 18.1 Å². The topological polar surface area (TPSA) is 50.7 Å². The Morgan fingerprint density at radius 3 is 2.52 bits per heavy atom. The van der Waals surface area contributed by atoms with Crippen LogP contribution in [0, 0.1) is 5.82 Å². The van der Waals surface area contributed by atoms with Gasteiger partial charge >= 0.3 is 0 Å². The molecule has 0 bridgehead atoms. The van der Waals surface area contributed by atoms with Gasteiger partial charge in [0.2, 0.25) is 5.91 Å². The number of hydrogen-bond acceptors (Lipinski definition) is 3. The van der Waals surface area contributed by atoms with Crippen LogP contribution in [0.4, 0.5) is 10.1 Å². The molecule has 2 rings (SSSR count). The smallest absolute Gasteiger partial charge is 0.221 e. The quantitative estimate of drug-likeness (QED) is 0.651. The van der Waals surface area contributed by atoms with Crippen LogP contribution in [0.2, 0.25) is 5.02 Å². The Kier molecular flexibility index (Phi) is 5.71. The number of nitrogens with one attached hydrogen (secondary N) is 1. The highest BCUT2D eigenvalue weighted by Crippen LogP contribution is 2.20. The van der Waals surface area contributed by atoms with Crippen molar-refractivity contribution in [1.82, 2.24) is 0 Å². The van der Waals surface area contributed by atoms with Gasteiger partial charge in [0, 0.05) is 18.2 Å². The van der Waals surface area contributed by atoms with Crippen LogP contribution in [0.3, 0.4) is 0 Å². The van der Waals surface area contributed by atoms with Crippen molar-refractivity contribution in [2.45, 2.75) is 20.5 Å². The number of rotatable bonds is 5. The van der Waals surface area contributed by atoms with E-state index in [0.717, 1.165) is 5.56 Å². The molecule has 0 aliphatic rings. The summed E-state index contributed by atoms with van der Waals surface area (Å²) < 4.78 is 13.6. The molecule has 0 fully saturated rings. The number of halogens is 2. The number of carbonyl (C=O) groups excluding carboxylic acids is 1. The number of nitrogens with zero attached hydrogens (tertiary/aromatic N) is 1. The van der Waals surface area contributed by atoms with E-state index in [9.17, 15) is 9.18 Å². The summed E-state index contributed by atoms with van der Waals surface area (Å²) in [6, 6.07) is 11.6. The normalized spacial score (nSPS) is 11.2. The van der Waals surface area contributed by atoms with Crippen LogP contribution in [0.1, 0.15) is 25.0 Å². The van der Waals surface area contributed by atoms with Crippen molar-refractivity contribution in [2.24, 2.45) is 5.16 Å². The highest BCUT2D eigenvalue weighted by Gasteiger charge is 2.07. The molecule has 0 radical (unpaired) electrons. The first-order chi connectivity index (χ1) is 11.0. The van der Waals surface area contributed by atoms with Gasteiger partial charge < -0.3 is 10.2 Å². The summed E-state index contributed by atoms with van der Waals surface area (Å²) >= 11 is 5.92. The van der Waals surface area contributed by atoms with Gasteiger partial charge in [-0.2, -0.15) is 0 Å². The second-order valence-electron chi connectivity index (χ2n) is 4.91. The Hall–Kier alpha value is -2.40. The molecule has 0 atom stereocenters. The lowest BCUT2D eigenvalue weighted by atomic mass is 10.1. The molecule has 2 aromatic rings. The van der Waals surface area contributed by atoms with Crippen LogP contribution in [0.15, 0.2) is 47.6 Å². The second-order valence-corrected chi connectivity index (χ2v) is 5.32. The molecule has 0 aromatic heterocycles. The number of hydrogen-bond donors (Lipinski definition) is 1. The van der Waals surface area contributed by atoms with Crippen molar-refractivity contribution in [1.29, 1.82) is 0 Å². The molecule has 23 heavy (non-hydrogen) atoms. The van der Waals surface area contributed by atoms with Crippen LogP contribution < -0.4 is 5.32 Å². The van der Waals surface area contributed by atoms with E-state index in [4.69, 9.17) is 16.4 Å². The van der Waals surface area contributed by atoms with E-state index in [1.807, 2.05) is 12.1 Å². The Bertz CT molecular complexity index is 710. The summed E-state index contributed by atoms with van der Waals surface area (Å²) in [6.07, 6.45) is 0. The van der Waals surface area contributed by atoms with Crippen LogP contribution in [0.5, 0.6) is 0 Å². The van der Waals surface area contributed by atoms with Crippen molar-refractivity contribution in [2.75, 3.05) is 5.32 Å². The van der Waals surface area contributed by atoms with Gasteiger partial charge in [0.1, 0.15) is 12.4 Å². The van der Waals surface area contributed by atoms with E-state index in [0.29, 0.717) is 16.4 Å². The standard InChI is InChI=1S/C17H16ClFN2O2/c1-11(13-6-8-14(9-7-13)20-12(2)22)21-23-10-15-16(18)4-3-5-17(15)19/h3-9H,10H2,1-2H3,(H,20,22)/b21-11+. The zero-order valence-electron chi connectivity index (χ0n) is 12.8. The first kappa shape index (κ1) is 17.0. The summed E-state index contributed by atoms with van der Waals surface area (Å²) in [5.41, 5.74) is 2.44. The third-order valence-corrected chi connectivity index (χ3v) is 3.45. The predicted octanol–water partition coefficient (Wildman–Crippen LogP) is 4.38. The molecule has 0 aliphatic heterocycles. The van der Waals surface area contributed by atoms with Crippen molar-refractivity contribution < 1.29 is 14.0 Å². The molecule has 0 saturated heterocycles. The zero-order chi connectivity index (χ0) is 16.8. The minimum atomic E-state index is -0.426. The largest absolute Gasteiger partial charge is 0.391 e. The van der Waals surface area contributed by atoms with Crippen molar-refractivity contribution >= 4 is 28.9 Å². The van der Waals surface area contributed by atoms with Crippen LogP contribution in [0.25, 0.3) is 0 Å². The molecule has 6 heteroatoms. The van der Waals surface area contributed by atoms with Crippen LogP contribution in [-0.4, -0.2) is 11.6 Å². The minimum Gasteiger partial charge on any atom is -0.391 e. The third-order valence-electron chi connectivity index (χ3n) is 3.10. The molecule has 0 spiro atoms. The van der Waals surface area contributed by atoms with Gasteiger partial charge in [0.15, 0.2) is 0 Å². The first-order valence-electron chi connectivity index (χ1n) is 6.95. The molecule has 0 aliphatic carbocycles. The maximum absolute atomic E-state index is 13.6. The SMILES string of the molecule is CC(=O)Nc1ccc(/C(C)=N/OCc2c(F)cccc2Cl)cc1. The fourth-order valence-electron chi connectivity index (χ4n) is 1.91. The lowest BCUT2D eigenvalue weighted by Crippen LogP contribution is -2.06.